The van der Waals surface area contributed by atoms with E-state index in [1.807, 2.05) is 6.07 Å². The average molecular weight is 350 g/mol. The molecule has 8 heteroatoms. The van der Waals surface area contributed by atoms with Crippen LogP contribution in [0.3, 0.4) is 0 Å². The number of likely N-dealkylation sites (tertiary alicyclic amines) is 1. The van der Waals surface area contributed by atoms with Gasteiger partial charge < -0.3 is 29.9 Å². The van der Waals surface area contributed by atoms with Gasteiger partial charge >= 0.3 is 12.0 Å². The minimum atomic E-state index is -1.11. The first-order chi connectivity index (χ1) is 12.0. The summed E-state index contributed by atoms with van der Waals surface area (Å²) in [6.07, 6.45) is 0.659. The Bertz CT molecular complexity index is 692. The van der Waals surface area contributed by atoms with Crippen LogP contribution in [0.25, 0.3) is 0 Å². The van der Waals surface area contributed by atoms with Crippen molar-refractivity contribution in [3.8, 4) is 11.5 Å². The Morgan fingerprint density at radius 1 is 1.28 bits per heavy atom. The fourth-order valence-electron chi connectivity index (χ4n) is 3.69. The van der Waals surface area contributed by atoms with Gasteiger partial charge in [-0.3, -0.25) is 0 Å². The second kappa shape index (κ2) is 6.79. The lowest BCUT2D eigenvalue weighted by molar-refractivity contribution is -0.141. The Morgan fingerprint density at radius 3 is 2.68 bits per heavy atom. The number of ether oxygens (including phenoxy) is 2. The van der Waals surface area contributed by atoms with E-state index in [1.165, 1.54) is 4.90 Å². The summed E-state index contributed by atoms with van der Waals surface area (Å²) in [5.41, 5.74) is 1.93. The fraction of sp³-hybridized carbons (Fsp3) is 0.529. The van der Waals surface area contributed by atoms with Crippen LogP contribution >= 0.6 is 0 Å². The number of aliphatic hydroxyl groups is 1. The molecule has 0 radical (unpaired) electrons. The molecule has 1 fully saturated rings. The van der Waals surface area contributed by atoms with Gasteiger partial charge in [-0.05, 0) is 24.5 Å². The Hall–Kier alpha value is -2.48. The molecule has 3 N–H and O–H groups in total. The maximum absolute atomic E-state index is 12.5. The topological polar surface area (TPSA) is 108 Å². The van der Waals surface area contributed by atoms with Crippen LogP contribution in [0.2, 0.25) is 0 Å². The number of aliphatic hydroxyl groups excluding tert-OH is 1. The molecule has 1 aliphatic carbocycles. The molecule has 0 aromatic heterocycles. The predicted molar refractivity (Wildman–Crippen MR) is 87.9 cm³/mol. The van der Waals surface area contributed by atoms with Crippen LogP contribution in [0.15, 0.2) is 12.1 Å². The van der Waals surface area contributed by atoms with Gasteiger partial charge in [-0.15, -0.1) is 0 Å². The monoisotopic (exact) mass is 350 g/mol. The summed E-state index contributed by atoms with van der Waals surface area (Å²) in [7, 11) is 3.15. The number of β-amino-alcohol motifs (C(OH)–C–C–N with tert-alkyl or cyclic N) is 1. The number of carbonyl (C=O) groups excluding carboxylic acids is 1. The average Bonchev–Trinajstić information content (AvgIpc) is 3.17. The van der Waals surface area contributed by atoms with E-state index in [0.29, 0.717) is 17.9 Å². The van der Waals surface area contributed by atoms with Gasteiger partial charge in [0.25, 0.3) is 0 Å². The molecule has 3 atom stereocenters. The summed E-state index contributed by atoms with van der Waals surface area (Å²) in [5, 5.41) is 21.8. The molecular weight excluding hydrogens is 328 g/mol. The molecule has 1 aromatic carbocycles. The lowest BCUT2D eigenvalue weighted by Gasteiger charge is -2.24. The summed E-state index contributed by atoms with van der Waals surface area (Å²) < 4.78 is 10.7. The Kier molecular flexibility index (Phi) is 4.71. The van der Waals surface area contributed by atoms with Gasteiger partial charge in [0.1, 0.15) is 6.04 Å². The lowest BCUT2D eigenvalue weighted by Crippen LogP contribution is -2.46. The number of benzene rings is 1. The van der Waals surface area contributed by atoms with Gasteiger partial charge in [-0.1, -0.05) is 6.07 Å². The highest BCUT2D eigenvalue weighted by Crippen LogP contribution is 2.42. The second-order valence-electron chi connectivity index (χ2n) is 6.31. The number of aliphatic carboxylic acids is 1. The lowest BCUT2D eigenvalue weighted by atomic mass is 10.1. The summed E-state index contributed by atoms with van der Waals surface area (Å²) in [4.78, 5) is 25.0. The summed E-state index contributed by atoms with van der Waals surface area (Å²) in [6.45, 7) is 0.0221. The minimum Gasteiger partial charge on any atom is -0.493 e. The highest BCUT2D eigenvalue weighted by molar-refractivity contribution is 5.83. The number of hydrogen-bond acceptors (Lipinski definition) is 5. The van der Waals surface area contributed by atoms with Crippen molar-refractivity contribution < 1.29 is 29.3 Å². The van der Waals surface area contributed by atoms with Crippen molar-refractivity contribution in [1.82, 2.24) is 10.2 Å². The molecule has 3 rings (SSSR count). The maximum Gasteiger partial charge on any atom is 0.326 e. The number of amides is 2. The Labute approximate surface area is 145 Å². The minimum absolute atomic E-state index is 0.0221. The van der Waals surface area contributed by atoms with E-state index in [-0.39, 0.29) is 19.0 Å². The zero-order valence-corrected chi connectivity index (χ0v) is 14.2. The summed E-state index contributed by atoms with van der Waals surface area (Å²) in [5.74, 6) is 0.198. The van der Waals surface area contributed by atoms with E-state index >= 15 is 0 Å². The molecule has 0 bridgehead atoms. The van der Waals surface area contributed by atoms with Gasteiger partial charge in [-0.2, -0.15) is 0 Å². The van der Waals surface area contributed by atoms with Gasteiger partial charge in [0, 0.05) is 18.5 Å². The molecule has 1 heterocycles. The van der Waals surface area contributed by atoms with E-state index < -0.39 is 24.1 Å². The molecule has 25 heavy (non-hydrogen) atoms. The summed E-state index contributed by atoms with van der Waals surface area (Å²) in [6, 6.07) is 1.98. The number of carbonyl (C=O) groups is 2. The first-order valence-electron chi connectivity index (χ1n) is 8.18. The molecule has 1 saturated heterocycles. The number of carboxylic acids is 1. The molecule has 0 saturated carbocycles. The van der Waals surface area contributed by atoms with Crippen molar-refractivity contribution in [2.45, 2.75) is 37.5 Å². The van der Waals surface area contributed by atoms with Crippen LogP contribution in [0, 0.1) is 0 Å². The zero-order valence-electron chi connectivity index (χ0n) is 14.2. The van der Waals surface area contributed by atoms with E-state index in [0.717, 1.165) is 17.5 Å². The Balaban J connectivity index is 1.78. The SMILES string of the molecule is COc1ccc2c(c1OC)CCC2NC(=O)N1C[C@H](O)C[C@@H]1C(=O)O. The highest BCUT2D eigenvalue weighted by Gasteiger charge is 2.40. The van der Waals surface area contributed by atoms with Crippen molar-refractivity contribution in [2.24, 2.45) is 0 Å². The zero-order chi connectivity index (χ0) is 18.1. The van der Waals surface area contributed by atoms with Crippen LogP contribution in [-0.2, 0) is 11.2 Å². The van der Waals surface area contributed by atoms with Gasteiger partial charge in [0.2, 0.25) is 0 Å². The van der Waals surface area contributed by atoms with Crippen molar-refractivity contribution in [3.05, 3.63) is 23.3 Å². The van der Waals surface area contributed by atoms with Crippen molar-refractivity contribution >= 4 is 12.0 Å². The second-order valence-corrected chi connectivity index (χ2v) is 6.31. The molecule has 8 nitrogen and oxygen atoms in total. The predicted octanol–water partition coefficient (Wildman–Crippen LogP) is 0.920. The van der Waals surface area contributed by atoms with Gasteiger partial charge in [0.05, 0.1) is 26.4 Å². The number of nitrogens with one attached hydrogen (secondary N) is 1. The van der Waals surface area contributed by atoms with Crippen LogP contribution in [-0.4, -0.2) is 60.0 Å². The molecule has 1 aromatic rings. The number of carboxylic acid groups (broad SMARTS) is 1. The van der Waals surface area contributed by atoms with E-state index in [4.69, 9.17) is 9.47 Å². The molecular formula is C17H22N2O6. The molecule has 1 aliphatic heterocycles. The molecule has 136 valence electrons. The van der Waals surface area contributed by atoms with Crippen LogP contribution in [0.4, 0.5) is 4.79 Å². The third-order valence-corrected chi connectivity index (χ3v) is 4.87. The molecule has 2 aliphatic rings. The normalized spacial score (nSPS) is 24.8. The van der Waals surface area contributed by atoms with Crippen LogP contribution < -0.4 is 14.8 Å². The number of urea groups is 1. The largest absolute Gasteiger partial charge is 0.493 e. The van der Waals surface area contributed by atoms with Gasteiger partial charge in [0.15, 0.2) is 11.5 Å². The van der Waals surface area contributed by atoms with Crippen molar-refractivity contribution in [3.63, 3.8) is 0 Å². The number of hydrogen-bond donors (Lipinski definition) is 3. The van der Waals surface area contributed by atoms with E-state index in [2.05, 4.69) is 5.32 Å². The van der Waals surface area contributed by atoms with Crippen LogP contribution in [0.1, 0.15) is 30.0 Å². The van der Waals surface area contributed by atoms with Crippen molar-refractivity contribution in [1.29, 1.82) is 0 Å². The standard InChI is InChI=1S/C17H22N2O6/c1-24-14-6-4-10-11(15(14)25-2)3-5-12(10)18-17(23)19-8-9(20)7-13(19)16(21)22/h4,6,9,12-13,20H,3,5,7-8H2,1-2H3,(H,18,23)(H,21,22)/t9-,12?,13-/m1/s1. The Morgan fingerprint density at radius 2 is 2.04 bits per heavy atom. The first-order valence-corrected chi connectivity index (χ1v) is 8.18. The third-order valence-electron chi connectivity index (χ3n) is 4.87. The number of nitrogens with zero attached hydrogens (tertiary/aromatic N) is 1. The maximum atomic E-state index is 12.5. The number of methoxy groups -OCH3 is 2. The fourth-order valence-corrected chi connectivity index (χ4v) is 3.69. The smallest absolute Gasteiger partial charge is 0.326 e. The van der Waals surface area contributed by atoms with E-state index in [9.17, 15) is 19.8 Å². The van der Waals surface area contributed by atoms with Crippen LogP contribution in [0.5, 0.6) is 11.5 Å². The quantitative estimate of drug-likeness (QED) is 0.745. The molecule has 1 unspecified atom stereocenters. The third kappa shape index (κ3) is 3.09. The number of fused-ring (bicyclic) bond motifs is 1. The molecule has 2 amide bonds. The van der Waals surface area contributed by atoms with Crippen molar-refractivity contribution in [2.75, 3.05) is 20.8 Å². The highest BCUT2D eigenvalue weighted by atomic mass is 16.5. The first kappa shape index (κ1) is 17.3. The summed E-state index contributed by atoms with van der Waals surface area (Å²) >= 11 is 0. The van der Waals surface area contributed by atoms with E-state index in [1.54, 1.807) is 20.3 Å². The number of rotatable bonds is 4. The van der Waals surface area contributed by atoms with Gasteiger partial charge in [-0.25, -0.2) is 9.59 Å². The molecule has 0 spiro atoms.